The van der Waals surface area contributed by atoms with E-state index in [0.29, 0.717) is 5.91 Å². The van der Waals surface area contributed by atoms with Crippen molar-refractivity contribution >= 4 is 27.5 Å². The van der Waals surface area contributed by atoms with Gasteiger partial charge in [0.15, 0.2) is 0 Å². The molecule has 0 radical (unpaired) electrons. The van der Waals surface area contributed by atoms with E-state index in [0.717, 1.165) is 29.7 Å². The van der Waals surface area contributed by atoms with Gasteiger partial charge in [-0.25, -0.2) is 0 Å². The zero-order valence-corrected chi connectivity index (χ0v) is 12.6. The molecule has 3 rings (SSSR count). The van der Waals surface area contributed by atoms with E-state index in [2.05, 4.69) is 20.8 Å². The van der Waals surface area contributed by atoms with Crippen molar-refractivity contribution in [2.45, 2.75) is 19.3 Å². The SMILES string of the molecule is O=C1C(CN2CCCC2)CCN1c1ccc(Br)cc1. The highest BCUT2D eigenvalue weighted by Crippen LogP contribution is 2.27. The molecule has 1 unspecified atom stereocenters. The molecule has 0 aromatic heterocycles. The fourth-order valence-corrected chi connectivity index (χ4v) is 3.33. The maximum absolute atomic E-state index is 12.5. The quantitative estimate of drug-likeness (QED) is 0.854. The van der Waals surface area contributed by atoms with Gasteiger partial charge in [0.1, 0.15) is 0 Å². The summed E-state index contributed by atoms with van der Waals surface area (Å²) in [6, 6.07) is 8.02. The maximum Gasteiger partial charge on any atom is 0.231 e. The second kappa shape index (κ2) is 5.63. The summed E-state index contributed by atoms with van der Waals surface area (Å²) in [4.78, 5) is 16.8. The van der Waals surface area contributed by atoms with Crippen molar-refractivity contribution < 1.29 is 4.79 Å². The van der Waals surface area contributed by atoms with Gasteiger partial charge >= 0.3 is 0 Å². The molecule has 0 N–H and O–H groups in total. The van der Waals surface area contributed by atoms with Crippen LogP contribution in [0, 0.1) is 5.92 Å². The number of benzene rings is 1. The van der Waals surface area contributed by atoms with E-state index < -0.39 is 0 Å². The van der Waals surface area contributed by atoms with Crippen LogP contribution in [0.4, 0.5) is 5.69 Å². The van der Waals surface area contributed by atoms with Crippen LogP contribution >= 0.6 is 15.9 Å². The Labute approximate surface area is 122 Å². The molecule has 1 aromatic carbocycles. The van der Waals surface area contributed by atoms with E-state index >= 15 is 0 Å². The number of carbonyl (C=O) groups is 1. The first kappa shape index (κ1) is 13.1. The number of hydrogen-bond donors (Lipinski definition) is 0. The second-order valence-electron chi connectivity index (χ2n) is 5.46. The number of hydrogen-bond acceptors (Lipinski definition) is 2. The van der Waals surface area contributed by atoms with Gasteiger partial charge in [0.2, 0.25) is 5.91 Å². The second-order valence-corrected chi connectivity index (χ2v) is 6.38. The Hall–Kier alpha value is -0.870. The molecule has 19 heavy (non-hydrogen) atoms. The van der Waals surface area contributed by atoms with Gasteiger partial charge < -0.3 is 9.80 Å². The Morgan fingerprint density at radius 3 is 2.47 bits per heavy atom. The lowest BCUT2D eigenvalue weighted by atomic mass is 10.1. The number of likely N-dealkylation sites (tertiary alicyclic amines) is 1. The molecule has 0 saturated carbocycles. The minimum atomic E-state index is 0.196. The summed E-state index contributed by atoms with van der Waals surface area (Å²) >= 11 is 3.43. The highest BCUT2D eigenvalue weighted by Gasteiger charge is 2.33. The lowest BCUT2D eigenvalue weighted by molar-refractivity contribution is -0.120. The van der Waals surface area contributed by atoms with Crippen LogP contribution in [0.1, 0.15) is 19.3 Å². The average Bonchev–Trinajstić information content (AvgIpc) is 3.03. The topological polar surface area (TPSA) is 23.6 Å². The van der Waals surface area contributed by atoms with Crippen LogP contribution in [0.3, 0.4) is 0 Å². The van der Waals surface area contributed by atoms with E-state index in [-0.39, 0.29) is 5.92 Å². The highest BCUT2D eigenvalue weighted by atomic mass is 79.9. The summed E-state index contributed by atoms with van der Waals surface area (Å²) < 4.78 is 1.05. The van der Waals surface area contributed by atoms with E-state index in [4.69, 9.17) is 0 Å². The first-order valence-corrected chi connectivity index (χ1v) is 7.82. The molecule has 4 heteroatoms. The largest absolute Gasteiger partial charge is 0.312 e. The van der Waals surface area contributed by atoms with Crippen LogP contribution in [-0.4, -0.2) is 37.0 Å². The normalized spacial score (nSPS) is 24.4. The summed E-state index contributed by atoms with van der Waals surface area (Å²) in [5.74, 6) is 0.496. The smallest absolute Gasteiger partial charge is 0.231 e. The molecule has 1 atom stereocenters. The van der Waals surface area contributed by atoms with E-state index in [9.17, 15) is 4.79 Å². The molecule has 2 aliphatic rings. The number of anilines is 1. The van der Waals surface area contributed by atoms with Crippen molar-refractivity contribution in [2.75, 3.05) is 31.1 Å². The van der Waals surface area contributed by atoms with Gasteiger partial charge in [0.25, 0.3) is 0 Å². The third-order valence-corrected chi connectivity index (χ3v) is 4.66. The third-order valence-electron chi connectivity index (χ3n) is 4.13. The van der Waals surface area contributed by atoms with Crippen molar-refractivity contribution in [3.63, 3.8) is 0 Å². The van der Waals surface area contributed by atoms with Crippen molar-refractivity contribution in [3.8, 4) is 0 Å². The van der Waals surface area contributed by atoms with Crippen molar-refractivity contribution in [1.82, 2.24) is 4.90 Å². The lowest BCUT2D eigenvalue weighted by Gasteiger charge is -2.20. The Balaban J connectivity index is 1.66. The predicted molar refractivity (Wildman–Crippen MR) is 80.3 cm³/mol. The number of halogens is 1. The minimum absolute atomic E-state index is 0.196. The standard InChI is InChI=1S/C15H19BrN2O/c16-13-3-5-14(6-4-13)18-10-7-12(15(18)19)11-17-8-1-2-9-17/h3-6,12H,1-2,7-11H2. The molecule has 0 bridgehead atoms. The Bertz CT molecular complexity index is 454. The zero-order chi connectivity index (χ0) is 13.2. The van der Waals surface area contributed by atoms with Crippen molar-refractivity contribution in [1.29, 1.82) is 0 Å². The summed E-state index contributed by atoms with van der Waals surface area (Å²) in [5, 5.41) is 0. The summed E-state index contributed by atoms with van der Waals surface area (Å²) in [6.07, 6.45) is 3.57. The molecule has 2 saturated heterocycles. The van der Waals surface area contributed by atoms with Gasteiger partial charge in [-0.1, -0.05) is 15.9 Å². The molecule has 0 aliphatic carbocycles. The van der Waals surface area contributed by atoms with E-state index in [1.54, 1.807) is 0 Å². The molecule has 1 aromatic rings. The first-order valence-electron chi connectivity index (χ1n) is 7.03. The monoisotopic (exact) mass is 322 g/mol. The maximum atomic E-state index is 12.5. The van der Waals surface area contributed by atoms with Crippen LogP contribution in [0.25, 0.3) is 0 Å². The van der Waals surface area contributed by atoms with Crippen molar-refractivity contribution in [3.05, 3.63) is 28.7 Å². The average molecular weight is 323 g/mol. The first-order chi connectivity index (χ1) is 9.24. The number of carbonyl (C=O) groups excluding carboxylic acids is 1. The highest BCUT2D eigenvalue weighted by molar-refractivity contribution is 9.10. The van der Waals surface area contributed by atoms with Gasteiger partial charge in [0, 0.05) is 23.2 Å². The van der Waals surface area contributed by atoms with Crippen LogP contribution in [-0.2, 0) is 4.79 Å². The van der Waals surface area contributed by atoms with Gasteiger partial charge in [0.05, 0.1) is 5.92 Å². The summed E-state index contributed by atoms with van der Waals surface area (Å²) in [5.41, 5.74) is 1.03. The van der Waals surface area contributed by atoms with Crippen LogP contribution in [0.5, 0.6) is 0 Å². The molecule has 3 nitrogen and oxygen atoms in total. The van der Waals surface area contributed by atoms with Gasteiger partial charge in [-0.2, -0.15) is 0 Å². The molecule has 102 valence electrons. The third kappa shape index (κ3) is 2.84. The fraction of sp³-hybridized carbons (Fsp3) is 0.533. The van der Waals surface area contributed by atoms with E-state index in [1.807, 2.05) is 29.2 Å². The number of amides is 1. The number of nitrogens with zero attached hydrogens (tertiary/aromatic N) is 2. The Morgan fingerprint density at radius 2 is 1.79 bits per heavy atom. The lowest BCUT2D eigenvalue weighted by Crippen LogP contribution is -2.33. The predicted octanol–water partition coefficient (Wildman–Crippen LogP) is 2.90. The molecule has 1 amide bonds. The molecule has 0 spiro atoms. The van der Waals surface area contributed by atoms with Gasteiger partial charge in [-0.15, -0.1) is 0 Å². The zero-order valence-electron chi connectivity index (χ0n) is 11.0. The molecule has 2 aliphatic heterocycles. The molecule has 2 fully saturated rings. The summed E-state index contributed by atoms with van der Waals surface area (Å²) in [6.45, 7) is 4.15. The number of rotatable bonds is 3. The van der Waals surface area contributed by atoms with Crippen molar-refractivity contribution in [2.24, 2.45) is 5.92 Å². The van der Waals surface area contributed by atoms with Gasteiger partial charge in [-0.3, -0.25) is 4.79 Å². The van der Waals surface area contributed by atoms with Crippen LogP contribution < -0.4 is 4.90 Å². The minimum Gasteiger partial charge on any atom is -0.312 e. The Kier molecular flexibility index (Phi) is 3.89. The fourth-order valence-electron chi connectivity index (χ4n) is 3.06. The molecular formula is C15H19BrN2O. The van der Waals surface area contributed by atoms with Crippen LogP contribution in [0.15, 0.2) is 28.7 Å². The molecule has 2 heterocycles. The summed E-state index contributed by atoms with van der Waals surface area (Å²) in [7, 11) is 0. The van der Waals surface area contributed by atoms with E-state index in [1.165, 1.54) is 25.9 Å². The molecular weight excluding hydrogens is 304 g/mol. The van der Waals surface area contributed by atoms with Crippen LogP contribution in [0.2, 0.25) is 0 Å². The van der Waals surface area contributed by atoms with Gasteiger partial charge in [-0.05, 0) is 56.6 Å². The Morgan fingerprint density at radius 1 is 1.11 bits per heavy atom.